The Labute approximate surface area is 93.5 Å². The monoisotopic (exact) mass is 222 g/mol. The highest BCUT2D eigenvalue weighted by Crippen LogP contribution is 2.30. The van der Waals surface area contributed by atoms with Gasteiger partial charge in [0, 0.05) is 18.1 Å². The fourth-order valence-corrected chi connectivity index (χ4v) is 1.73. The Morgan fingerprint density at radius 3 is 2.94 bits per heavy atom. The number of nitrogens with one attached hydrogen (secondary N) is 1. The van der Waals surface area contributed by atoms with E-state index in [-0.39, 0.29) is 12.6 Å². The molecule has 5 heteroatoms. The van der Waals surface area contributed by atoms with Gasteiger partial charge in [0.1, 0.15) is 5.41 Å². The first-order valence-corrected chi connectivity index (χ1v) is 5.10. The van der Waals surface area contributed by atoms with Crippen molar-refractivity contribution >= 4 is 11.7 Å². The molecule has 2 N–H and O–H groups in total. The minimum absolute atomic E-state index is 0.215. The van der Waals surface area contributed by atoms with Crippen LogP contribution in [0.1, 0.15) is 6.92 Å². The fraction of sp³-hybridized carbons (Fsp3) is 0.455. The number of rotatable bonds is 3. The van der Waals surface area contributed by atoms with E-state index in [4.69, 9.17) is 4.74 Å². The summed E-state index contributed by atoms with van der Waals surface area (Å²) in [4.78, 5) is 15.1. The smallest absolute Gasteiger partial charge is 0.313 e. The molecule has 0 amide bonds. The van der Waals surface area contributed by atoms with Crippen molar-refractivity contribution < 1.29 is 14.6 Å². The van der Waals surface area contributed by atoms with Gasteiger partial charge in [0.05, 0.1) is 19.3 Å². The average molecular weight is 222 g/mol. The van der Waals surface area contributed by atoms with Gasteiger partial charge in [0.25, 0.3) is 0 Å². The van der Waals surface area contributed by atoms with Crippen molar-refractivity contribution in [3.8, 4) is 0 Å². The van der Waals surface area contributed by atoms with Gasteiger partial charge in [-0.05, 0) is 19.1 Å². The number of ether oxygens (including phenoxy) is 1. The van der Waals surface area contributed by atoms with E-state index in [0.29, 0.717) is 6.61 Å². The van der Waals surface area contributed by atoms with Crippen LogP contribution in [0.4, 0.5) is 5.69 Å². The molecule has 2 heterocycles. The summed E-state index contributed by atoms with van der Waals surface area (Å²) >= 11 is 0. The number of carbonyl (C=O) groups is 1. The summed E-state index contributed by atoms with van der Waals surface area (Å²) in [6.45, 7) is 2.34. The van der Waals surface area contributed by atoms with Crippen LogP contribution < -0.4 is 5.32 Å². The maximum atomic E-state index is 11.2. The van der Waals surface area contributed by atoms with Gasteiger partial charge in [-0.25, -0.2) is 0 Å². The lowest BCUT2D eigenvalue weighted by Gasteiger charge is -2.26. The summed E-state index contributed by atoms with van der Waals surface area (Å²) in [5, 5.41) is 12.4. The van der Waals surface area contributed by atoms with Crippen LogP contribution in [0.15, 0.2) is 24.5 Å². The van der Waals surface area contributed by atoms with E-state index in [1.54, 1.807) is 31.5 Å². The highest BCUT2D eigenvalue weighted by Gasteiger charge is 2.46. The number of carboxylic acid groups (broad SMARTS) is 1. The Morgan fingerprint density at radius 1 is 1.62 bits per heavy atom. The Balaban J connectivity index is 2.13. The van der Waals surface area contributed by atoms with Crippen LogP contribution in [0.25, 0.3) is 0 Å². The molecule has 0 bridgehead atoms. The molecular weight excluding hydrogens is 208 g/mol. The number of aromatic nitrogens is 1. The lowest BCUT2D eigenvalue weighted by Crippen LogP contribution is -2.43. The molecular formula is C11H14N2O3. The standard InChI is InChI=1S/C11H14N2O3/c1-11(10(14)15)7-16-6-9(11)13-8-2-4-12-5-3-8/h2-5,9H,6-7H2,1H3,(H,12,13)(H,14,15). The molecule has 0 spiro atoms. The maximum Gasteiger partial charge on any atom is 0.313 e. The molecule has 0 aromatic carbocycles. The van der Waals surface area contributed by atoms with Crippen LogP contribution in [0, 0.1) is 5.41 Å². The van der Waals surface area contributed by atoms with Gasteiger partial charge in [0.15, 0.2) is 0 Å². The first kappa shape index (κ1) is 10.9. The van der Waals surface area contributed by atoms with E-state index in [0.717, 1.165) is 5.69 Å². The van der Waals surface area contributed by atoms with Crippen LogP contribution >= 0.6 is 0 Å². The highest BCUT2D eigenvalue weighted by molar-refractivity contribution is 5.76. The fourth-order valence-electron chi connectivity index (χ4n) is 1.73. The molecule has 1 aromatic rings. The summed E-state index contributed by atoms with van der Waals surface area (Å²) in [6, 6.07) is 3.40. The number of nitrogens with zero attached hydrogens (tertiary/aromatic N) is 1. The molecule has 2 rings (SSSR count). The number of hydrogen-bond acceptors (Lipinski definition) is 4. The lowest BCUT2D eigenvalue weighted by atomic mass is 9.85. The van der Waals surface area contributed by atoms with Crippen molar-refractivity contribution in [3.05, 3.63) is 24.5 Å². The second kappa shape index (κ2) is 4.09. The van der Waals surface area contributed by atoms with Crippen LogP contribution in [0.2, 0.25) is 0 Å². The molecule has 0 aliphatic carbocycles. The minimum Gasteiger partial charge on any atom is -0.481 e. The zero-order valence-electron chi connectivity index (χ0n) is 9.01. The van der Waals surface area contributed by atoms with E-state index in [1.807, 2.05) is 0 Å². The molecule has 2 atom stereocenters. The summed E-state index contributed by atoms with van der Waals surface area (Å²) in [7, 11) is 0. The summed E-state index contributed by atoms with van der Waals surface area (Å²) in [6.07, 6.45) is 3.33. The SMILES string of the molecule is CC1(C(=O)O)COCC1Nc1ccncc1. The first-order valence-electron chi connectivity index (χ1n) is 5.10. The predicted octanol–water partition coefficient (Wildman–Crippen LogP) is 0.983. The Morgan fingerprint density at radius 2 is 2.31 bits per heavy atom. The Hall–Kier alpha value is -1.62. The second-order valence-electron chi connectivity index (χ2n) is 4.17. The molecule has 16 heavy (non-hydrogen) atoms. The molecule has 1 aliphatic rings. The molecule has 1 aromatic heterocycles. The third-order valence-corrected chi connectivity index (χ3v) is 2.97. The number of aliphatic carboxylic acids is 1. The van der Waals surface area contributed by atoms with Crippen molar-refractivity contribution in [3.63, 3.8) is 0 Å². The maximum absolute atomic E-state index is 11.2. The van der Waals surface area contributed by atoms with Gasteiger partial charge in [-0.3, -0.25) is 9.78 Å². The quantitative estimate of drug-likeness (QED) is 0.797. The number of pyridine rings is 1. The minimum atomic E-state index is -0.872. The molecule has 1 fully saturated rings. The lowest BCUT2D eigenvalue weighted by molar-refractivity contribution is -0.148. The Kier molecular flexibility index (Phi) is 2.78. The molecule has 5 nitrogen and oxygen atoms in total. The van der Waals surface area contributed by atoms with Gasteiger partial charge in [-0.15, -0.1) is 0 Å². The zero-order valence-corrected chi connectivity index (χ0v) is 9.01. The zero-order chi connectivity index (χ0) is 11.6. The Bertz CT molecular complexity index is 382. The van der Waals surface area contributed by atoms with E-state index < -0.39 is 11.4 Å². The third kappa shape index (κ3) is 1.86. The largest absolute Gasteiger partial charge is 0.481 e. The molecule has 0 saturated carbocycles. The van der Waals surface area contributed by atoms with Gasteiger partial charge < -0.3 is 15.2 Å². The molecule has 1 saturated heterocycles. The van der Waals surface area contributed by atoms with Crippen molar-refractivity contribution in [2.75, 3.05) is 18.5 Å². The summed E-state index contributed by atoms with van der Waals surface area (Å²) in [5.74, 6) is -0.837. The molecule has 2 unspecified atom stereocenters. The highest BCUT2D eigenvalue weighted by atomic mass is 16.5. The number of hydrogen-bond donors (Lipinski definition) is 2. The van der Waals surface area contributed by atoms with E-state index >= 15 is 0 Å². The van der Waals surface area contributed by atoms with Crippen LogP contribution in [0.3, 0.4) is 0 Å². The first-order chi connectivity index (χ1) is 7.63. The van der Waals surface area contributed by atoms with Gasteiger partial charge in [-0.2, -0.15) is 0 Å². The van der Waals surface area contributed by atoms with Crippen molar-refractivity contribution in [1.82, 2.24) is 4.98 Å². The summed E-state index contributed by atoms with van der Waals surface area (Å²) < 4.78 is 5.25. The predicted molar refractivity (Wildman–Crippen MR) is 58.2 cm³/mol. The normalized spacial score (nSPS) is 28.9. The van der Waals surface area contributed by atoms with E-state index in [1.165, 1.54) is 0 Å². The van der Waals surface area contributed by atoms with Crippen LogP contribution in [-0.2, 0) is 9.53 Å². The van der Waals surface area contributed by atoms with Crippen LogP contribution in [0.5, 0.6) is 0 Å². The second-order valence-corrected chi connectivity index (χ2v) is 4.17. The third-order valence-electron chi connectivity index (χ3n) is 2.97. The van der Waals surface area contributed by atoms with Gasteiger partial charge in [-0.1, -0.05) is 0 Å². The van der Waals surface area contributed by atoms with Crippen LogP contribution in [-0.4, -0.2) is 35.3 Å². The molecule has 1 aliphatic heterocycles. The van der Waals surface area contributed by atoms with Gasteiger partial charge >= 0.3 is 5.97 Å². The summed E-state index contributed by atoms with van der Waals surface area (Å²) in [5.41, 5.74) is -0.0125. The average Bonchev–Trinajstić information content (AvgIpc) is 2.63. The van der Waals surface area contributed by atoms with E-state index in [2.05, 4.69) is 10.3 Å². The topological polar surface area (TPSA) is 71.5 Å². The van der Waals surface area contributed by atoms with Crippen molar-refractivity contribution in [1.29, 1.82) is 0 Å². The molecule has 86 valence electrons. The van der Waals surface area contributed by atoms with Crippen molar-refractivity contribution in [2.45, 2.75) is 13.0 Å². The number of anilines is 1. The molecule has 0 radical (unpaired) electrons. The van der Waals surface area contributed by atoms with E-state index in [9.17, 15) is 9.90 Å². The number of carboxylic acids is 1. The van der Waals surface area contributed by atoms with Gasteiger partial charge in [0.2, 0.25) is 0 Å². The van der Waals surface area contributed by atoms with Crippen molar-refractivity contribution in [2.24, 2.45) is 5.41 Å².